The van der Waals surface area contributed by atoms with Gasteiger partial charge < -0.3 is 10.2 Å². The van der Waals surface area contributed by atoms with Gasteiger partial charge in [-0.3, -0.25) is 4.79 Å². The van der Waals surface area contributed by atoms with Gasteiger partial charge in [-0.15, -0.1) is 0 Å². The summed E-state index contributed by atoms with van der Waals surface area (Å²) in [5, 5.41) is 3.46. The Kier molecular flexibility index (Phi) is 4.65. The number of carbonyl (C=O) groups excluding carboxylic acids is 1. The lowest BCUT2D eigenvalue weighted by Crippen LogP contribution is -2.47. The summed E-state index contributed by atoms with van der Waals surface area (Å²) >= 11 is 0. The van der Waals surface area contributed by atoms with Crippen molar-refractivity contribution in [3.8, 4) is 0 Å². The molecule has 1 aliphatic carbocycles. The number of rotatable bonds is 3. The Morgan fingerprint density at radius 1 is 1.05 bits per heavy atom. The van der Waals surface area contributed by atoms with Crippen LogP contribution >= 0.6 is 0 Å². The Morgan fingerprint density at radius 3 is 2.35 bits per heavy atom. The predicted octanol–water partition coefficient (Wildman–Crippen LogP) is 2.95. The molecule has 0 aromatic rings. The molecule has 1 saturated carbocycles. The van der Waals surface area contributed by atoms with Gasteiger partial charge >= 0.3 is 0 Å². The Hall–Kier alpha value is -0.570. The molecule has 1 spiro atoms. The molecule has 1 amide bonds. The van der Waals surface area contributed by atoms with E-state index >= 15 is 0 Å². The third-order valence-corrected chi connectivity index (χ3v) is 6.08. The monoisotopic (exact) mass is 278 g/mol. The topological polar surface area (TPSA) is 32.3 Å². The number of hydrogen-bond donors (Lipinski definition) is 1. The van der Waals surface area contributed by atoms with Gasteiger partial charge in [0.15, 0.2) is 0 Å². The Morgan fingerprint density at radius 2 is 1.70 bits per heavy atom. The average molecular weight is 278 g/mol. The molecule has 20 heavy (non-hydrogen) atoms. The van der Waals surface area contributed by atoms with Crippen LogP contribution in [0.5, 0.6) is 0 Å². The van der Waals surface area contributed by atoms with Gasteiger partial charge in [0.05, 0.1) is 0 Å². The zero-order valence-electron chi connectivity index (χ0n) is 12.8. The summed E-state index contributed by atoms with van der Waals surface area (Å²) in [6.07, 6.45) is 12.6. The van der Waals surface area contributed by atoms with Crippen LogP contribution in [-0.4, -0.2) is 37.0 Å². The zero-order chi connectivity index (χ0) is 13.8. The van der Waals surface area contributed by atoms with Gasteiger partial charge in [0.2, 0.25) is 5.91 Å². The van der Waals surface area contributed by atoms with E-state index in [-0.39, 0.29) is 0 Å². The summed E-state index contributed by atoms with van der Waals surface area (Å²) in [5.41, 5.74) is 0.563. The van der Waals surface area contributed by atoms with Crippen LogP contribution in [0.4, 0.5) is 0 Å². The standard InChI is InChI=1S/C17H30N2O/c20-16(6-5-15-3-1-2-4-15)19-13-9-17(10-14-19)7-11-18-12-8-17/h15,18H,1-14H2. The molecule has 3 heteroatoms. The molecule has 114 valence electrons. The molecule has 0 radical (unpaired) electrons. The van der Waals surface area contributed by atoms with E-state index < -0.39 is 0 Å². The Labute approximate surface area is 123 Å². The van der Waals surface area contributed by atoms with Gasteiger partial charge in [-0.2, -0.15) is 0 Å². The van der Waals surface area contributed by atoms with Crippen LogP contribution < -0.4 is 5.32 Å². The molecule has 1 N–H and O–H groups in total. The second kappa shape index (κ2) is 6.46. The van der Waals surface area contributed by atoms with Crippen molar-refractivity contribution in [3.05, 3.63) is 0 Å². The van der Waals surface area contributed by atoms with Crippen LogP contribution in [0.2, 0.25) is 0 Å². The Bertz CT molecular complexity index is 320. The summed E-state index contributed by atoms with van der Waals surface area (Å²) in [5.74, 6) is 1.28. The molecule has 2 heterocycles. The molecule has 3 aliphatic rings. The molecule has 3 fully saturated rings. The van der Waals surface area contributed by atoms with Crippen LogP contribution in [-0.2, 0) is 4.79 Å². The van der Waals surface area contributed by atoms with Gasteiger partial charge in [-0.25, -0.2) is 0 Å². The quantitative estimate of drug-likeness (QED) is 0.861. The van der Waals surface area contributed by atoms with Gasteiger partial charge in [-0.05, 0) is 56.5 Å². The number of piperidine rings is 2. The van der Waals surface area contributed by atoms with Crippen LogP contribution in [0.25, 0.3) is 0 Å². The first-order chi connectivity index (χ1) is 9.77. The highest BCUT2D eigenvalue weighted by atomic mass is 16.2. The van der Waals surface area contributed by atoms with Gasteiger partial charge in [0.1, 0.15) is 0 Å². The SMILES string of the molecule is O=C(CCC1CCCC1)N1CCC2(CCNCC2)CC1. The van der Waals surface area contributed by atoms with Gasteiger partial charge in [0, 0.05) is 19.5 Å². The molecule has 0 atom stereocenters. The van der Waals surface area contributed by atoms with E-state index in [1.807, 2.05) is 0 Å². The molecule has 0 bridgehead atoms. The minimum atomic E-state index is 0.431. The van der Waals surface area contributed by atoms with Crippen molar-refractivity contribution in [2.24, 2.45) is 11.3 Å². The minimum Gasteiger partial charge on any atom is -0.343 e. The van der Waals surface area contributed by atoms with Crippen LogP contribution in [0, 0.1) is 11.3 Å². The molecule has 0 aromatic carbocycles. The first kappa shape index (κ1) is 14.4. The van der Waals surface area contributed by atoms with Crippen LogP contribution in [0.3, 0.4) is 0 Å². The van der Waals surface area contributed by atoms with Crippen molar-refractivity contribution in [1.29, 1.82) is 0 Å². The van der Waals surface area contributed by atoms with Crippen molar-refractivity contribution in [3.63, 3.8) is 0 Å². The molecular formula is C17H30N2O. The number of hydrogen-bond acceptors (Lipinski definition) is 2. The number of nitrogens with one attached hydrogen (secondary N) is 1. The van der Waals surface area contributed by atoms with Crippen molar-refractivity contribution >= 4 is 5.91 Å². The van der Waals surface area contributed by atoms with Gasteiger partial charge in [-0.1, -0.05) is 25.7 Å². The number of carbonyl (C=O) groups is 1. The fourth-order valence-electron chi connectivity index (χ4n) is 4.47. The molecule has 0 unspecified atom stereocenters. The van der Waals surface area contributed by atoms with Crippen molar-refractivity contribution in [2.45, 2.75) is 64.2 Å². The lowest BCUT2D eigenvalue weighted by Gasteiger charge is -2.44. The van der Waals surface area contributed by atoms with Crippen LogP contribution in [0.15, 0.2) is 0 Å². The predicted molar refractivity (Wildman–Crippen MR) is 81.5 cm³/mol. The van der Waals surface area contributed by atoms with E-state index in [2.05, 4.69) is 10.2 Å². The highest BCUT2D eigenvalue weighted by Gasteiger charge is 2.36. The average Bonchev–Trinajstić information content (AvgIpc) is 3.00. The lowest BCUT2D eigenvalue weighted by molar-refractivity contribution is -0.134. The molecule has 3 rings (SSSR count). The van der Waals surface area contributed by atoms with E-state index in [0.717, 1.165) is 31.8 Å². The van der Waals surface area contributed by atoms with E-state index in [4.69, 9.17) is 0 Å². The smallest absolute Gasteiger partial charge is 0.222 e. The van der Waals surface area contributed by atoms with Crippen LogP contribution in [0.1, 0.15) is 64.2 Å². The summed E-state index contributed by atoms with van der Waals surface area (Å²) in [4.78, 5) is 14.5. The minimum absolute atomic E-state index is 0.431. The lowest BCUT2D eigenvalue weighted by atomic mass is 9.71. The second-order valence-electron chi connectivity index (χ2n) is 7.32. The molecule has 0 aromatic heterocycles. The highest BCUT2D eigenvalue weighted by molar-refractivity contribution is 5.76. The fourth-order valence-corrected chi connectivity index (χ4v) is 4.47. The van der Waals surface area contributed by atoms with Crippen molar-refractivity contribution in [2.75, 3.05) is 26.2 Å². The summed E-state index contributed by atoms with van der Waals surface area (Å²) < 4.78 is 0. The maximum absolute atomic E-state index is 12.3. The molecule has 2 saturated heterocycles. The van der Waals surface area contributed by atoms with E-state index in [9.17, 15) is 4.79 Å². The van der Waals surface area contributed by atoms with Crippen molar-refractivity contribution < 1.29 is 4.79 Å². The summed E-state index contributed by atoms with van der Waals surface area (Å²) in [6, 6.07) is 0. The largest absolute Gasteiger partial charge is 0.343 e. The summed E-state index contributed by atoms with van der Waals surface area (Å²) in [7, 11) is 0. The highest BCUT2D eigenvalue weighted by Crippen LogP contribution is 2.39. The molecular weight excluding hydrogens is 248 g/mol. The maximum atomic E-state index is 12.3. The van der Waals surface area contributed by atoms with E-state index in [0.29, 0.717) is 11.3 Å². The molecule has 3 nitrogen and oxygen atoms in total. The fraction of sp³-hybridized carbons (Fsp3) is 0.941. The van der Waals surface area contributed by atoms with Crippen molar-refractivity contribution in [1.82, 2.24) is 10.2 Å². The summed E-state index contributed by atoms with van der Waals surface area (Å²) in [6.45, 7) is 4.39. The third-order valence-electron chi connectivity index (χ3n) is 6.08. The third kappa shape index (κ3) is 3.36. The molecule has 2 aliphatic heterocycles. The number of nitrogens with zero attached hydrogens (tertiary/aromatic N) is 1. The zero-order valence-corrected chi connectivity index (χ0v) is 12.8. The maximum Gasteiger partial charge on any atom is 0.222 e. The van der Waals surface area contributed by atoms with E-state index in [1.54, 1.807) is 0 Å². The first-order valence-electron chi connectivity index (χ1n) is 8.76. The normalized spacial score (nSPS) is 27.1. The van der Waals surface area contributed by atoms with E-state index in [1.165, 1.54) is 64.5 Å². The number of amides is 1. The second-order valence-corrected chi connectivity index (χ2v) is 7.32. The Balaban J connectivity index is 1.41. The first-order valence-corrected chi connectivity index (χ1v) is 8.76. The van der Waals surface area contributed by atoms with Gasteiger partial charge in [0.25, 0.3) is 0 Å². The number of likely N-dealkylation sites (tertiary alicyclic amines) is 1.